The van der Waals surface area contributed by atoms with Gasteiger partial charge in [-0.3, -0.25) is 9.69 Å². The monoisotopic (exact) mass is 374 g/mol. The molecule has 0 spiro atoms. The summed E-state index contributed by atoms with van der Waals surface area (Å²) in [4.78, 5) is 17.4. The number of nitrogens with zero attached hydrogens (tertiary/aromatic N) is 2. The Morgan fingerprint density at radius 1 is 1.11 bits per heavy atom. The van der Waals surface area contributed by atoms with Crippen molar-refractivity contribution in [2.45, 2.75) is 38.2 Å². The van der Waals surface area contributed by atoms with Crippen LogP contribution >= 0.6 is 0 Å². The van der Waals surface area contributed by atoms with E-state index in [4.69, 9.17) is 14.2 Å². The molecule has 3 heterocycles. The van der Waals surface area contributed by atoms with Gasteiger partial charge in [0.25, 0.3) is 5.91 Å². The van der Waals surface area contributed by atoms with E-state index < -0.39 is 5.79 Å². The van der Waals surface area contributed by atoms with Crippen LogP contribution < -0.4 is 0 Å². The zero-order valence-electron chi connectivity index (χ0n) is 16.1. The molecule has 6 nitrogen and oxygen atoms in total. The molecule has 0 saturated carbocycles. The Morgan fingerprint density at radius 2 is 1.89 bits per heavy atom. The number of carbonyl (C=O) groups is 1. The molecule has 0 unspecified atom stereocenters. The molecule has 148 valence electrons. The van der Waals surface area contributed by atoms with E-state index in [9.17, 15) is 4.79 Å². The molecule has 0 N–H and O–H groups in total. The second-order valence-electron chi connectivity index (χ2n) is 7.92. The largest absolute Gasteiger partial charge is 0.366 e. The number of benzene rings is 1. The molecular formula is C21H30N2O4. The number of morpholine rings is 1. The van der Waals surface area contributed by atoms with Crippen LogP contribution in [0.2, 0.25) is 0 Å². The third-order valence-corrected chi connectivity index (χ3v) is 6.01. The Labute approximate surface area is 161 Å². The van der Waals surface area contributed by atoms with Crippen LogP contribution in [0.4, 0.5) is 0 Å². The van der Waals surface area contributed by atoms with Gasteiger partial charge >= 0.3 is 0 Å². The fourth-order valence-corrected chi connectivity index (χ4v) is 4.41. The Morgan fingerprint density at radius 3 is 2.67 bits per heavy atom. The minimum atomic E-state index is -0.550. The first-order valence-electron chi connectivity index (χ1n) is 10.1. The molecule has 3 aliphatic heterocycles. The fourth-order valence-electron chi connectivity index (χ4n) is 4.41. The average molecular weight is 374 g/mol. The molecular weight excluding hydrogens is 344 g/mol. The SMILES string of the molecule is CC1([C@H]2CCCN(C(=O)[C@@H]3CN(Cc4ccccc4)CCO3)C2)OCCO1. The van der Waals surface area contributed by atoms with Crippen LogP contribution in [0.25, 0.3) is 0 Å². The highest BCUT2D eigenvalue weighted by atomic mass is 16.7. The van der Waals surface area contributed by atoms with E-state index in [-0.39, 0.29) is 17.9 Å². The van der Waals surface area contributed by atoms with E-state index in [0.29, 0.717) is 32.9 Å². The highest BCUT2D eigenvalue weighted by Gasteiger charge is 2.43. The lowest BCUT2D eigenvalue weighted by Crippen LogP contribution is -2.55. The first-order valence-corrected chi connectivity index (χ1v) is 10.1. The topological polar surface area (TPSA) is 51.2 Å². The van der Waals surface area contributed by atoms with Crippen molar-refractivity contribution in [3.8, 4) is 0 Å². The molecule has 0 aliphatic carbocycles. The van der Waals surface area contributed by atoms with Crippen molar-refractivity contribution in [3.05, 3.63) is 35.9 Å². The maximum Gasteiger partial charge on any atom is 0.253 e. The van der Waals surface area contributed by atoms with Gasteiger partial charge in [-0.15, -0.1) is 0 Å². The summed E-state index contributed by atoms with van der Waals surface area (Å²) in [5.41, 5.74) is 1.27. The number of piperidine rings is 1. The van der Waals surface area contributed by atoms with Crippen molar-refractivity contribution in [1.29, 1.82) is 0 Å². The normalized spacial score (nSPS) is 29.0. The van der Waals surface area contributed by atoms with E-state index in [1.54, 1.807) is 0 Å². The third-order valence-electron chi connectivity index (χ3n) is 6.01. The Kier molecular flexibility index (Phi) is 5.78. The van der Waals surface area contributed by atoms with Crippen molar-refractivity contribution in [2.24, 2.45) is 5.92 Å². The van der Waals surface area contributed by atoms with Crippen molar-refractivity contribution >= 4 is 5.91 Å². The van der Waals surface area contributed by atoms with Crippen LogP contribution in [0.15, 0.2) is 30.3 Å². The van der Waals surface area contributed by atoms with Crippen LogP contribution in [0.1, 0.15) is 25.3 Å². The number of amides is 1. The molecule has 0 bridgehead atoms. The Hall–Kier alpha value is -1.47. The number of likely N-dealkylation sites (tertiary alicyclic amines) is 1. The zero-order chi connectivity index (χ0) is 18.7. The van der Waals surface area contributed by atoms with Gasteiger partial charge in [0, 0.05) is 38.6 Å². The summed E-state index contributed by atoms with van der Waals surface area (Å²) in [5, 5.41) is 0. The van der Waals surface area contributed by atoms with Crippen LogP contribution in [-0.4, -0.2) is 73.6 Å². The molecule has 27 heavy (non-hydrogen) atoms. The van der Waals surface area contributed by atoms with Crippen molar-refractivity contribution in [3.63, 3.8) is 0 Å². The van der Waals surface area contributed by atoms with Crippen LogP contribution in [0, 0.1) is 5.92 Å². The van der Waals surface area contributed by atoms with Gasteiger partial charge in [-0.1, -0.05) is 30.3 Å². The number of rotatable bonds is 4. The van der Waals surface area contributed by atoms with E-state index in [2.05, 4.69) is 29.2 Å². The van der Waals surface area contributed by atoms with E-state index in [1.807, 2.05) is 17.9 Å². The molecule has 3 saturated heterocycles. The quantitative estimate of drug-likeness (QED) is 0.806. The second-order valence-corrected chi connectivity index (χ2v) is 7.92. The summed E-state index contributed by atoms with van der Waals surface area (Å²) in [5.74, 6) is -0.216. The highest BCUT2D eigenvalue weighted by molar-refractivity contribution is 5.81. The number of hydrogen-bond donors (Lipinski definition) is 0. The van der Waals surface area contributed by atoms with Crippen LogP contribution in [0.3, 0.4) is 0 Å². The Balaban J connectivity index is 1.35. The molecule has 0 aromatic heterocycles. The van der Waals surface area contributed by atoms with E-state index in [1.165, 1.54) is 5.56 Å². The van der Waals surface area contributed by atoms with Gasteiger partial charge in [-0.25, -0.2) is 0 Å². The fraction of sp³-hybridized carbons (Fsp3) is 0.667. The number of hydrogen-bond acceptors (Lipinski definition) is 5. The summed E-state index contributed by atoms with van der Waals surface area (Å²) in [6.45, 7) is 7.75. The van der Waals surface area contributed by atoms with Gasteiger partial charge in [0.2, 0.25) is 0 Å². The molecule has 4 rings (SSSR count). The summed E-state index contributed by atoms with van der Waals surface area (Å²) >= 11 is 0. The van der Waals surface area contributed by atoms with Crippen molar-refractivity contribution < 1.29 is 19.0 Å². The molecule has 3 aliphatic rings. The summed E-state index contributed by atoms with van der Waals surface area (Å²) in [6.07, 6.45) is 1.64. The summed E-state index contributed by atoms with van der Waals surface area (Å²) in [6, 6.07) is 10.4. The number of carbonyl (C=O) groups excluding carboxylic acids is 1. The molecule has 1 aromatic rings. The lowest BCUT2D eigenvalue weighted by molar-refractivity contribution is -0.195. The zero-order valence-corrected chi connectivity index (χ0v) is 16.1. The molecule has 6 heteroatoms. The summed E-state index contributed by atoms with van der Waals surface area (Å²) in [7, 11) is 0. The lowest BCUT2D eigenvalue weighted by Gasteiger charge is -2.42. The minimum absolute atomic E-state index is 0.110. The van der Waals surface area contributed by atoms with Gasteiger partial charge < -0.3 is 19.1 Å². The van der Waals surface area contributed by atoms with Gasteiger partial charge in [-0.2, -0.15) is 0 Å². The average Bonchev–Trinajstić information content (AvgIpc) is 3.16. The third kappa shape index (κ3) is 4.35. The number of ether oxygens (including phenoxy) is 3. The van der Waals surface area contributed by atoms with Gasteiger partial charge in [0.1, 0.15) is 6.10 Å². The van der Waals surface area contributed by atoms with Crippen molar-refractivity contribution in [2.75, 3.05) is 46.0 Å². The first kappa shape index (κ1) is 18.9. The summed E-state index contributed by atoms with van der Waals surface area (Å²) < 4.78 is 17.5. The van der Waals surface area contributed by atoms with Crippen LogP contribution in [-0.2, 0) is 25.5 Å². The molecule has 2 atom stereocenters. The smallest absolute Gasteiger partial charge is 0.253 e. The van der Waals surface area contributed by atoms with Gasteiger partial charge in [-0.05, 0) is 25.3 Å². The molecule has 0 radical (unpaired) electrons. The first-order chi connectivity index (χ1) is 13.1. The van der Waals surface area contributed by atoms with E-state index >= 15 is 0 Å². The maximum absolute atomic E-state index is 13.1. The lowest BCUT2D eigenvalue weighted by atomic mass is 9.90. The Bertz CT molecular complexity index is 632. The molecule has 3 fully saturated rings. The molecule has 1 aromatic carbocycles. The predicted molar refractivity (Wildman–Crippen MR) is 101 cm³/mol. The van der Waals surface area contributed by atoms with Gasteiger partial charge in [0.05, 0.1) is 19.8 Å². The van der Waals surface area contributed by atoms with Crippen LogP contribution in [0.5, 0.6) is 0 Å². The second kappa shape index (κ2) is 8.27. The highest BCUT2D eigenvalue weighted by Crippen LogP contribution is 2.34. The maximum atomic E-state index is 13.1. The van der Waals surface area contributed by atoms with Crippen molar-refractivity contribution in [1.82, 2.24) is 9.80 Å². The minimum Gasteiger partial charge on any atom is -0.366 e. The molecule has 1 amide bonds. The van der Waals surface area contributed by atoms with E-state index in [0.717, 1.165) is 32.5 Å². The standard InChI is InChI=1S/C21H30N2O4/c1-21(26-12-13-27-21)18-8-5-9-23(15-18)20(24)19-16-22(10-11-25-19)14-17-6-3-2-4-7-17/h2-4,6-7,18-19H,5,8-16H2,1H3/t18-,19-/m0/s1. The van der Waals surface area contributed by atoms with Gasteiger partial charge in [0.15, 0.2) is 5.79 Å². The predicted octanol–water partition coefficient (Wildman–Crippen LogP) is 1.89.